The van der Waals surface area contributed by atoms with E-state index >= 15 is 0 Å². The Hall–Kier alpha value is -0.610. The summed E-state index contributed by atoms with van der Waals surface area (Å²) >= 11 is 0. The standard InChI is InChI=1S/C20H40O4/c1-2-3-4-5-9-12-15-20(17-21,18-22)16-13-10-7-6-8-11-14-19(23)24/h21-22H,2-18H2,1H3,(H,23,24). The van der Waals surface area contributed by atoms with Gasteiger partial charge in [-0.3, -0.25) is 4.79 Å². The van der Waals surface area contributed by atoms with Crippen LogP contribution >= 0.6 is 0 Å². The molecule has 0 saturated carbocycles. The molecular formula is C20H40O4. The average molecular weight is 345 g/mol. The van der Waals surface area contributed by atoms with E-state index in [9.17, 15) is 15.0 Å². The molecule has 0 radical (unpaired) electrons. The lowest BCUT2D eigenvalue weighted by Crippen LogP contribution is -2.29. The van der Waals surface area contributed by atoms with Gasteiger partial charge in [0, 0.05) is 11.8 Å². The molecule has 0 aromatic heterocycles. The maximum Gasteiger partial charge on any atom is 0.303 e. The van der Waals surface area contributed by atoms with Crippen LogP contribution in [0.1, 0.15) is 103 Å². The highest BCUT2D eigenvalue weighted by Crippen LogP contribution is 2.31. The summed E-state index contributed by atoms with van der Waals surface area (Å²) in [5.74, 6) is -0.708. The van der Waals surface area contributed by atoms with Gasteiger partial charge in [-0.1, -0.05) is 77.6 Å². The van der Waals surface area contributed by atoms with E-state index in [0.29, 0.717) is 0 Å². The van der Waals surface area contributed by atoms with Gasteiger partial charge >= 0.3 is 5.97 Å². The van der Waals surface area contributed by atoms with Crippen LogP contribution in [-0.4, -0.2) is 34.5 Å². The molecule has 0 bridgehead atoms. The monoisotopic (exact) mass is 344 g/mol. The quantitative estimate of drug-likeness (QED) is 0.309. The summed E-state index contributed by atoms with van der Waals surface area (Å²) in [7, 11) is 0. The third-order valence-corrected chi connectivity index (χ3v) is 5.08. The van der Waals surface area contributed by atoms with Crippen LogP contribution in [0.15, 0.2) is 0 Å². The first-order valence-corrected chi connectivity index (χ1v) is 10.0. The lowest BCUT2D eigenvalue weighted by molar-refractivity contribution is -0.137. The molecule has 0 unspecified atom stereocenters. The van der Waals surface area contributed by atoms with Crippen molar-refractivity contribution in [1.82, 2.24) is 0 Å². The molecule has 3 N–H and O–H groups in total. The summed E-state index contributed by atoms with van der Waals surface area (Å²) in [6.45, 7) is 2.38. The number of aliphatic carboxylic acids is 1. The van der Waals surface area contributed by atoms with Gasteiger partial charge in [-0.2, -0.15) is 0 Å². The summed E-state index contributed by atoms with van der Waals surface area (Å²) in [6, 6.07) is 0. The van der Waals surface area contributed by atoms with E-state index in [4.69, 9.17) is 5.11 Å². The van der Waals surface area contributed by atoms with Crippen LogP contribution in [0.25, 0.3) is 0 Å². The largest absolute Gasteiger partial charge is 0.481 e. The fourth-order valence-electron chi connectivity index (χ4n) is 3.25. The summed E-state index contributed by atoms with van der Waals surface area (Å²) in [5, 5.41) is 28.0. The minimum Gasteiger partial charge on any atom is -0.481 e. The van der Waals surface area contributed by atoms with Gasteiger partial charge < -0.3 is 15.3 Å². The van der Waals surface area contributed by atoms with Crippen molar-refractivity contribution < 1.29 is 20.1 Å². The molecular weight excluding hydrogens is 304 g/mol. The van der Waals surface area contributed by atoms with Crippen LogP contribution in [-0.2, 0) is 4.79 Å². The third kappa shape index (κ3) is 12.8. The van der Waals surface area contributed by atoms with Crippen molar-refractivity contribution in [2.45, 2.75) is 103 Å². The highest BCUT2D eigenvalue weighted by Gasteiger charge is 2.27. The number of rotatable bonds is 18. The first-order valence-electron chi connectivity index (χ1n) is 10.0. The number of carbonyl (C=O) groups is 1. The van der Waals surface area contributed by atoms with E-state index in [2.05, 4.69) is 6.92 Å². The normalized spacial score (nSPS) is 11.8. The van der Waals surface area contributed by atoms with Crippen molar-refractivity contribution in [1.29, 1.82) is 0 Å². The predicted molar refractivity (Wildman–Crippen MR) is 99.2 cm³/mol. The maximum atomic E-state index is 10.4. The van der Waals surface area contributed by atoms with Gasteiger partial charge in [0.05, 0.1) is 13.2 Å². The van der Waals surface area contributed by atoms with Gasteiger partial charge in [0.2, 0.25) is 0 Å². The molecule has 0 atom stereocenters. The zero-order valence-corrected chi connectivity index (χ0v) is 15.8. The van der Waals surface area contributed by atoms with Gasteiger partial charge in [-0.05, 0) is 19.3 Å². The van der Waals surface area contributed by atoms with E-state index in [1.165, 1.54) is 32.1 Å². The Bertz CT molecular complexity index is 287. The fraction of sp³-hybridized carbons (Fsp3) is 0.950. The Morgan fingerprint density at radius 1 is 0.708 bits per heavy atom. The van der Waals surface area contributed by atoms with Crippen molar-refractivity contribution in [3.05, 3.63) is 0 Å². The molecule has 0 saturated heterocycles. The molecule has 0 heterocycles. The Kier molecular flexibility index (Phi) is 15.5. The number of hydrogen-bond donors (Lipinski definition) is 3. The van der Waals surface area contributed by atoms with E-state index in [1.54, 1.807) is 0 Å². The molecule has 0 aliphatic carbocycles. The fourth-order valence-corrected chi connectivity index (χ4v) is 3.25. The maximum absolute atomic E-state index is 10.4. The van der Waals surface area contributed by atoms with Crippen molar-refractivity contribution in [2.24, 2.45) is 5.41 Å². The minimum absolute atomic E-state index is 0.0804. The van der Waals surface area contributed by atoms with Crippen molar-refractivity contribution >= 4 is 5.97 Å². The van der Waals surface area contributed by atoms with E-state index in [-0.39, 0.29) is 25.0 Å². The molecule has 0 spiro atoms. The molecule has 0 aliphatic heterocycles. The number of unbranched alkanes of at least 4 members (excludes halogenated alkanes) is 10. The van der Waals surface area contributed by atoms with Gasteiger partial charge in [-0.25, -0.2) is 0 Å². The third-order valence-electron chi connectivity index (χ3n) is 5.08. The van der Waals surface area contributed by atoms with Crippen LogP contribution in [0.2, 0.25) is 0 Å². The second-order valence-corrected chi connectivity index (χ2v) is 7.35. The average Bonchev–Trinajstić information content (AvgIpc) is 2.58. The summed E-state index contributed by atoms with van der Waals surface area (Å²) in [6.07, 6.45) is 15.6. The molecule has 4 heteroatoms. The highest BCUT2D eigenvalue weighted by atomic mass is 16.4. The zero-order chi connectivity index (χ0) is 18.1. The topological polar surface area (TPSA) is 77.8 Å². The molecule has 24 heavy (non-hydrogen) atoms. The number of carboxylic acids is 1. The number of aliphatic hydroxyl groups is 2. The molecule has 0 amide bonds. The van der Waals surface area contributed by atoms with E-state index < -0.39 is 5.97 Å². The molecule has 144 valence electrons. The molecule has 0 aromatic rings. The second-order valence-electron chi connectivity index (χ2n) is 7.35. The molecule has 4 nitrogen and oxygen atoms in total. The van der Waals surface area contributed by atoms with Gasteiger partial charge in [0.25, 0.3) is 0 Å². The lowest BCUT2D eigenvalue weighted by Gasteiger charge is -2.30. The summed E-state index contributed by atoms with van der Waals surface area (Å²) < 4.78 is 0. The van der Waals surface area contributed by atoms with Gasteiger partial charge in [0.1, 0.15) is 0 Å². The first-order chi connectivity index (χ1) is 11.6. The van der Waals surface area contributed by atoms with Gasteiger partial charge in [-0.15, -0.1) is 0 Å². The summed E-state index contributed by atoms with van der Waals surface area (Å²) in [4.78, 5) is 10.4. The van der Waals surface area contributed by atoms with Gasteiger partial charge in [0.15, 0.2) is 0 Å². The molecule has 0 aromatic carbocycles. The smallest absolute Gasteiger partial charge is 0.303 e. The number of carboxylic acid groups (broad SMARTS) is 1. The second kappa shape index (κ2) is 15.9. The Morgan fingerprint density at radius 2 is 1.12 bits per heavy atom. The van der Waals surface area contributed by atoms with Crippen molar-refractivity contribution in [3.8, 4) is 0 Å². The van der Waals surface area contributed by atoms with Crippen LogP contribution in [0, 0.1) is 5.41 Å². The van der Waals surface area contributed by atoms with Crippen LogP contribution in [0.5, 0.6) is 0 Å². The van der Waals surface area contributed by atoms with Crippen molar-refractivity contribution in [3.63, 3.8) is 0 Å². The lowest BCUT2D eigenvalue weighted by atomic mass is 9.79. The van der Waals surface area contributed by atoms with E-state index in [1.807, 2.05) is 0 Å². The first kappa shape index (κ1) is 23.4. The van der Waals surface area contributed by atoms with Crippen molar-refractivity contribution in [2.75, 3.05) is 13.2 Å². The molecule has 0 aliphatic rings. The van der Waals surface area contributed by atoms with Crippen LogP contribution in [0.4, 0.5) is 0 Å². The zero-order valence-electron chi connectivity index (χ0n) is 15.8. The molecule has 0 rings (SSSR count). The number of hydrogen-bond acceptors (Lipinski definition) is 3. The van der Waals surface area contributed by atoms with E-state index in [0.717, 1.165) is 57.8 Å². The Balaban J connectivity index is 3.75. The predicted octanol–water partition coefficient (Wildman–Crippen LogP) is 4.91. The Labute approximate surface area is 148 Å². The highest BCUT2D eigenvalue weighted by molar-refractivity contribution is 5.66. The SMILES string of the molecule is CCCCCCCCC(CO)(CO)CCCCCCCCC(=O)O. The summed E-state index contributed by atoms with van der Waals surface area (Å²) in [5.41, 5.74) is -0.298. The van der Waals surface area contributed by atoms with Crippen LogP contribution in [0.3, 0.4) is 0 Å². The van der Waals surface area contributed by atoms with Crippen LogP contribution < -0.4 is 0 Å². The number of aliphatic hydroxyl groups excluding tert-OH is 2. The minimum atomic E-state index is -0.708. The molecule has 0 fully saturated rings. The Morgan fingerprint density at radius 3 is 1.54 bits per heavy atom.